The van der Waals surface area contributed by atoms with Crippen LogP contribution >= 0.6 is 0 Å². The molecule has 0 unspecified atom stereocenters. The summed E-state index contributed by atoms with van der Waals surface area (Å²) in [6.07, 6.45) is 0. The lowest BCUT2D eigenvalue weighted by atomic mass is 10.1. The Morgan fingerprint density at radius 3 is 2.25 bits per heavy atom. The van der Waals surface area contributed by atoms with E-state index in [2.05, 4.69) is 50.2 Å². The molecule has 0 aliphatic carbocycles. The van der Waals surface area contributed by atoms with E-state index in [1.807, 2.05) is 0 Å². The van der Waals surface area contributed by atoms with Crippen LogP contribution in [0.4, 0.5) is 0 Å². The molecule has 1 aromatic carbocycles. The van der Waals surface area contributed by atoms with Crippen LogP contribution in [-0.2, 0) is 6.54 Å². The summed E-state index contributed by atoms with van der Waals surface area (Å²) >= 11 is 0. The molecular formula is C10H15BN. The first-order valence-electron chi connectivity index (χ1n) is 3.89. The molecule has 0 heterocycles. The van der Waals surface area contributed by atoms with Gasteiger partial charge in [-0.15, -0.1) is 0 Å². The quantitative estimate of drug-likeness (QED) is 0.595. The van der Waals surface area contributed by atoms with Gasteiger partial charge in [-0.3, -0.25) is 0 Å². The average molecular weight is 160 g/mol. The molecule has 1 nitrogen and oxygen atoms in total. The third kappa shape index (κ3) is 3.10. The van der Waals surface area contributed by atoms with E-state index in [4.69, 9.17) is 0 Å². The first kappa shape index (κ1) is 11.2. The number of benzene rings is 1. The van der Waals surface area contributed by atoms with E-state index in [1.165, 1.54) is 11.1 Å². The summed E-state index contributed by atoms with van der Waals surface area (Å²) in [4.78, 5) is 2.18. The fourth-order valence-corrected chi connectivity index (χ4v) is 1.13. The molecular weight excluding hydrogens is 145 g/mol. The number of aryl methyl sites for hydroxylation is 1. The fraction of sp³-hybridized carbons (Fsp3) is 0.400. The topological polar surface area (TPSA) is 3.24 Å². The van der Waals surface area contributed by atoms with Crippen molar-refractivity contribution < 1.29 is 0 Å². The Morgan fingerprint density at radius 2 is 1.75 bits per heavy atom. The molecule has 0 N–H and O–H groups in total. The first-order valence-corrected chi connectivity index (χ1v) is 3.89. The third-order valence-corrected chi connectivity index (χ3v) is 1.75. The molecule has 0 fully saturated rings. The maximum Gasteiger partial charge on any atom is 0.0230 e. The van der Waals surface area contributed by atoms with Gasteiger partial charge in [-0.2, -0.15) is 0 Å². The van der Waals surface area contributed by atoms with Crippen LogP contribution in [0.2, 0.25) is 0 Å². The standard InChI is InChI=1S/C10H15N.B/c1-9-6-4-5-7-10(9)8-11(2)3;/h4-7H,8H2,1-3H3;. The van der Waals surface area contributed by atoms with E-state index in [1.54, 1.807) is 0 Å². The fourth-order valence-electron chi connectivity index (χ4n) is 1.13. The van der Waals surface area contributed by atoms with Crippen molar-refractivity contribution in [3.63, 3.8) is 0 Å². The number of hydrogen-bond acceptors (Lipinski definition) is 1. The largest absolute Gasteiger partial charge is 0.305 e. The maximum atomic E-state index is 2.18. The number of nitrogens with zero attached hydrogens (tertiary/aromatic N) is 1. The van der Waals surface area contributed by atoms with Crippen molar-refractivity contribution in [2.45, 2.75) is 13.5 Å². The Labute approximate surface area is 77.0 Å². The van der Waals surface area contributed by atoms with Gasteiger partial charge in [0.25, 0.3) is 0 Å². The van der Waals surface area contributed by atoms with Gasteiger partial charge in [-0.1, -0.05) is 24.3 Å². The summed E-state index contributed by atoms with van der Waals surface area (Å²) in [5, 5.41) is 0. The zero-order chi connectivity index (χ0) is 8.27. The molecule has 0 aliphatic heterocycles. The van der Waals surface area contributed by atoms with Crippen LogP contribution in [-0.4, -0.2) is 27.4 Å². The van der Waals surface area contributed by atoms with Gasteiger partial charge >= 0.3 is 0 Å². The van der Waals surface area contributed by atoms with Crippen LogP contribution in [0.3, 0.4) is 0 Å². The van der Waals surface area contributed by atoms with Crippen LogP contribution in [0.25, 0.3) is 0 Å². The predicted molar refractivity (Wildman–Crippen MR) is 54.3 cm³/mol. The van der Waals surface area contributed by atoms with Crippen LogP contribution < -0.4 is 0 Å². The average Bonchev–Trinajstić information content (AvgIpc) is 1.93. The zero-order valence-electron chi connectivity index (χ0n) is 8.04. The Kier molecular flexibility index (Phi) is 4.68. The zero-order valence-corrected chi connectivity index (χ0v) is 8.04. The highest BCUT2D eigenvalue weighted by Crippen LogP contribution is 2.07. The summed E-state index contributed by atoms with van der Waals surface area (Å²) in [7, 11) is 4.18. The summed E-state index contributed by atoms with van der Waals surface area (Å²) in [5.74, 6) is 0. The van der Waals surface area contributed by atoms with E-state index in [0.29, 0.717) is 0 Å². The van der Waals surface area contributed by atoms with Crippen molar-refractivity contribution in [2.75, 3.05) is 14.1 Å². The predicted octanol–water partition coefficient (Wildman–Crippen LogP) is 1.68. The first-order chi connectivity index (χ1) is 5.20. The van der Waals surface area contributed by atoms with Gasteiger partial charge in [0.2, 0.25) is 0 Å². The summed E-state index contributed by atoms with van der Waals surface area (Å²) in [5.41, 5.74) is 2.79. The molecule has 0 aromatic heterocycles. The molecule has 63 valence electrons. The monoisotopic (exact) mass is 160 g/mol. The second-order valence-electron chi connectivity index (χ2n) is 3.16. The highest BCUT2D eigenvalue weighted by Gasteiger charge is 1.96. The van der Waals surface area contributed by atoms with Gasteiger partial charge in [0.1, 0.15) is 0 Å². The second-order valence-corrected chi connectivity index (χ2v) is 3.16. The van der Waals surface area contributed by atoms with Crippen molar-refractivity contribution >= 4 is 8.41 Å². The molecule has 0 spiro atoms. The van der Waals surface area contributed by atoms with Crippen molar-refractivity contribution in [3.05, 3.63) is 35.4 Å². The van der Waals surface area contributed by atoms with Gasteiger partial charge in [0, 0.05) is 15.0 Å². The van der Waals surface area contributed by atoms with Gasteiger partial charge in [0.15, 0.2) is 0 Å². The van der Waals surface area contributed by atoms with E-state index >= 15 is 0 Å². The lowest BCUT2D eigenvalue weighted by molar-refractivity contribution is 0.401. The van der Waals surface area contributed by atoms with Crippen LogP contribution in [0, 0.1) is 6.92 Å². The molecule has 12 heavy (non-hydrogen) atoms. The summed E-state index contributed by atoms with van der Waals surface area (Å²) in [6.45, 7) is 3.19. The van der Waals surface area contributed by atoms with E-state index in [-0.39, 0.29) is 8.41 Å². The molecule has 0 atom stereocenters. The molecule has 0 saturated carbocycles. The van der Waals surface area contributed by atoms with Gasteiger partial charge < -0.3 is 4.90 Å². The lowest BCUT2D eigenvalue weighted by Crippen LogP contribution is -2.11. The maximum absolute atomic E-state index is 2.18. The van der Waals surface area contributed by atoms with E-state index in [0.717, 1.165) is 6.54 Å². The minimum Gasteiger partial charge on any atom is -0.305 e. The Bertz CT molecular complexity index is 233. The number of rotatable bonds is 2. The molecule has 1 aromatic rings. The van der Waals surface area contributed by atoms with Gasteiger partial charge in [-0.05, 0) is 32.1 Å². The van der Waals surface area contributed by atoms with Crippen molar-refractivity contribution in [2.24, 2.45) is 0 Å². The van der Waals surface area contributed by atoms with E-state index < -0.39 is 0 Å². The molecule has 2 heteroatoms. The summed E-state index contributed by atoms with van der Waals surface area (Å²) in [6, 6.07) is 8.49. The molecule has 0 saturated heterocycles. The third-order valence-electron chi connectivity index (χ3n) is 1.75. The van der Waals surface area contributed by atoms with Crippen molar-refractivity contribution in [1.29, 1.82) is 0 Å². The van der Waals surface area contributed by atoms with E-state index in [9.17, 15) is 0 Å². The molecule has 1 rings (SSSR count). The minimum absolute atomic E-state index is 0. The Balaban J connectivity index is 0.00000121. The van der Waals surface area contributed by atoms with Crippen molar-refractivity contribution in [3.8, 4) is 0 Å². The normalized spacial score (nSPS) is 9.67. The SMILES string of the molecule is Cc1ccccc1CN(C)C.[B]. The molecule has 0 amide bonds. The van der Waals surface area contributed by atoms with Gasteiger partial charge in [-0.25, -0.2) is 0 Å². The molecule has 3 radical (unpaired) electrons. The van der Waals surface area contributed by atoms with Crippen LogP contribution in [0.1, 0.15) is 11.1 Å². The van der Waals surface area contributed by atoms with Crippen LogP contribution in [0.5, 0.6) is 0 Å². The van der Waals surface area contributed by atoms with Gasteiger partial charge in [0.05, 0.1) is 0 Å². The second kappa shape index (κ2) is 4.99. The molecule has 0 aliphatic rings. The smallest absolute Gasteiger partial charge is 0.0230 e. The highest BCUT2D eigenvalue weighted by molar-refractivity contribution is 5.75. The Morgan fingerprint density at radius 1 is 1.17 bits per heavy atom. The highest BCUT2D eigenvalue weighted by atomic mass is 15.0. The lowest BCUT2D eigenvalue weighted by Gasteiger charge is -2.11. The minimum atomic E-state index is 0. The molecule has 0 bridgehead atoms. The number of hydrogen-bond donors (Lipinski definition) is 0. The van der Waals surface area contributed by atoms with Crippen molar-refractivity contribution in [1.82, 2.24) is 4.90 Å². The Hall–Kier alpha value is -0.755. The van der Waals surface area contributed by atoms with Crippen LogP contribution in [0.15, 0.2) is 24.3 Å². The summed E-state index contributed by atoms with van der Waals surface area (Å²) < 4.78 is 0.